The van der Waals surface area contributed by atoms with Crippen molar-refractivity contribution in [3.05, 3.63) is 88.4 Å². The molecule has 0 aliphatic carbocycles. The van der Waals surface area contributed by atoms with Crippen LogP contribution in [0.5, 0.6) is 11.6 Å². The number of fused-ring (bicyclic) bond motifs is 1. The summed E-state index contributed by atoms with van der Waals surface area (Å²) in [4.78, 5) is 7.76. The number of aromatic nitrogens is 1. The van der Waals surface area contributed by atoms with Crippen LogP contribution in [0.4, 0.5) is 5.69 Å². The number of phenolic OH excluding ortho intramolecular Hbond substituents is 1. The summed E-state index contributed by atoms with van der Waals surface area (Å²) in [5.41, 5.74) is 3.45. The topological polar surface area (TPSA) is 68.6 Å². The third-order valence-corrected chi connectivity index (χ3v) is 4.59. The highest BCUT2D eigenvalue weighted by atomic mass is 79.9. The van der Waals surface area contributed by atoms with Gasteiger partial charge in [-0.05, 0) is 42.5 Å². The summed E-state index contributed by atoms with van der Waals surface area (Å²) >= 11 is 3.48. The van der Waals surface area contributed by atoms with E-state index < -0.39 is 0 Å². The molecule has 4 nitrogen and oxygen atoms in total. The minimum atomic E-state index is 0.0381. The van der Waals surface area contributed by atoms with Crippen LogP contribution in [0, 0.1) is 0 Å². The van der Waals surface area contributed by atoms with Crippen LogP contribution in [0.1, 0.15) is 11.1 Å². The second-order valence-electron chi connectivity index (χ2n) is 5.88. The maximum Gasteiger partial charge on any atom is 0.199 e. The van der Waals surface area contributed by atoms with Crippen LogP contribution in [0.25, 0.3) is 10.9 Å². The number of H-pyrrole nitrogens is 1. The fraction of sp³-hybridized carbons (Fsp3) is 0. The fourth-order valence-electron chi connectivity index (χ4n) is 2.94. The van der Waals surface area contributed by atoms with Gasteiger partial charge >= 0.3 is 0 Å². The van der Waals surface area contributed by atoms with Crippen LogP contribution < -0.4 is 0 Å². The molecule has 3 N–H and O–H groups in total. The number of nitrogens with zero attached hydrogens (tertiary/aromatic N) is 1. The van der Waals surface area contributed by atoms with E-state index in [2.05, 4.69) is 20.9 Å². The molecule has 0 atom stereocenters. The monoisotopic (exact) mass is 406 g/mol. The van der Waals surface area contributed by atoms with Crippen molar-refractivity contribution < 1.29 is 10.2 Å². The lowest BCUT2D eigenvalue weighted by atomic mass is 10.0. The van der Waals surface area contributed by atoms with Crippen LogP contribution >= 0.6 is 15.9 Å². The average molecular weight is 407 g/mol. The number of nitrogens with one attached hydrogen (secondary N) is 1. The van der Waals surface area contributed by atoms with Crippen molar-refractivity contribution in [2.75, 3.05) is 0 Å². The summed E-state index contributed by atoms with van der Waals surface area (Å²) in [6.45, 7) is 0. The zero-order valence-electron chi connectivity index (χ0n) is 13.6. The van der Waals surface area contributed by atoms with E-state index in [0.717, 1.165) is 21.1 Å². The Kier molecular flexibility index (Phi) is 4.22. The molecule has 0 bridgehead atoms. The molecule has 0 saturated carbocycles. The lowest BCUT2D eigenvalue weighted by Gasteiger charge is -2.08. The van der Waals surface area contributed by atoms with E-state index in [-0.39, 0.29) is 11.6 Å². The van der Waals surface area contributed by atoms with Gasteiger partial charge in [-0.2, -0.15) is 0 Å². The molecular weight excluding hydrogens is 392 g/mol. The van der Waals surface area contributed by atoms with Gasteiger partial charge in [0.05, 0.1) is 17.0 Å². The zero-order valence-corrected chi connectivity index (χ0v) is 15.2. The minimum absolute atomic E-state index is 0.0381. The molecule has 0 spiro atoms. The largest absolute Gasteiger partial charge is 0.508 e. The molecular formula is C21H15BrN2O2. The average Bonchev–Trinajstić information content (AvgIpc) is 2.95. The smallest absolute Gasteiger partial charge is 0.199 e. The predicted octanol–water partition coefficient (Wildman–Crippen LogP) is 5.51. The molecule has 128 valence electrons. The van der Waals surface area contributed by atoms with E-state index in [0.29, 0.717) is 16.8 Å². The van der Waals surface area contributed by atoms with E-state index in [9.17, 15) is 10.2 Å². The lowest BCUT2D eigenvalue weighted by molar-refractivity contribution is 0.457. The minimum Gasteiger partial charge on any atom is -0.508 e. The number of aliphatic imine (C=N–C) groups is 1. The highest BCUT2D eigenvalue weighted by Crippen LogP contribution is 2.33. The first-order valence-electron chi connectivity index (χ1n) is 8.05. The highest BCUT2D eigenvalue weighted by molar-refractivity contribution is 9.10. The van der Waals surface area contributed by atoms with Crippen molar-refractivity contribution in [3.8, 4) is 11.6 Å². The van der Waals surface area contributed by atoms with Gasteiger partial charge in [0.15, 0.2) is 5.88 Å². The lowest BCUT2D eigenvalue weighted by Crippen LogP contribution is -2.03. The maximum absolute atomic E-state index is 10.6. The van der Waals surface area contributed by atoms with Crippen LogP contribution in [0.3, 0.4) is 0 Å². The van der Waals surface area contributed by atoms with Gasteiger partial charge < -0.3 is 15.2 Å². The van der Waals surface area contributed by atoms with E-state index in [1.807, 2.05) is 54.6 Å². The Hall–Kier alpha value is -3.05. The van der Waals surface area contributed by atoms with E-state index >= 15 is 0 Å². The fourth-order valence-corrected chi connectivity index (χ4v) is 3.30. The summed E-state index contributed by atoms with van der Waals surface area (Å²) < 4.78 is 0.903. The molecule has 0 radical (unpaired) electrons. The molecule has 3 aromatic carbocycles. The van der Waals surface area contributed by atoms with E-state index in [1.54, 1.807) is 18.2 Å². The predicted molar refractivity (Wildman–Crippen MR) is 108 cm³/mol. The van der Waals surface area contributed by atoms with Gasteiger partial charge in [-0.1, -0.05) is 46.3 Å². The summed E-state index contributed by atoms with van der Waals surface area (Å²) in [6, 6.07) is 22.1. The van der Waals surface area contributed by atoms with E-state index in [4.69, 9.17) is 4.99 Å². The van der Waals surface area contributed by atoms with Gasteiger partial charge in [0.1, 0.15) is 5.75 Å². The number of hydrogen-bond donors (Lipinski definition) is 3. The van der Waals surface area contributed by atoms with Gasteiger partial charge in [-0.15, -0.1) is 0 Å². The first kappa shape index (κ1) is 16.4. The molecule has 1 aromatic heterocycles. The number of benzene rings is 3. The molecule has 0 saturated heterocycles. The molecule has 0 aliphatic rings. The Morgan fingerprint density at radius 3 is 2.46 bits per heavy atom. The van der Waals surface area contributed by atoms with Crippen molar-refractivity contribution in [1.29, 1.82) is 0 Å². The van der Waals surface area contributed by atoms with Gasteiger partial charge in [0, 0.05) is 20.9 Å². The van der Waals surface area contributed by atoms with Crippen LogP contribution in [0.2, 0.25) is 0 Å². The third kappa shape index (κ3) is 3.09. The quantitative estimate of drug-likeness (QED) is 0.392. The summed E-state index contributed by atoms with van der Waals surface area (Å²) in [5, 5.41) is 21.4. The summed E-state index contributed by atoms with van der Waals surface area (Å²) in [6.07, 6.45) is 0. The van der Waals surface area contributed by atoms with Crippen molar-refractivity contribution in [3.63, 3.8) is 0 Å². The number of para-hydroxylation sites is 1. The van der Waals surface area contributed by atoms with Gasteiger partial charge in [-0.3, -0.25) is 0 Å². The first-order valence-corrected chi connectivity index (χ1v) is 8.85. The van der Waals surface area contributed by atoms with Gasteiger partial charge in [0.25, 0.3) is 0 Å². The second kappa shape index (κ2) is 6.69. The maximum atomic E-state index is 10.6. The number of rotatable bonds is 3. The molecule has 0 amide bonds. The van der Waals surface area contributed by atoms with Crippen molar-refractivity contribution in [2.45, 2.75) is 0 Å². The third-order valence-electron chi connectivity index (χ3n) is 4.09. The number of phenols is 1. The molecule has 1 heterocycles. The molecule has 26 heavy (non-hydrogen) atoms. The second-order valence-corrected chi connectivity index (χ2v) is 6.80. The van der Waals surface area contributed by atoms with Gasteiger partial charge in [-0.25, -0.2) is 4.99 Å². The van der Waals surface area contributed by atoms with Crippen LogP contribution in [0.15, 0.2) is 82.3 Å². The molecule has 0 aliphatic heterocycles. The van der Waals surface area contributed by atoms with Crippen LogP contribution in [-0.4, -0.2) is 20.9 Å². The number of halogens is 1. The standard InChI is InChI=1S/C21H15BrN2O2/c22-14-9-10-18-17(12-14)19(21(26)24-18)20(13-5-4-8-16(25)11-13)23-15-6-2-1-3-7-15/h1-12,24-26H. The van der Waals surface area contributed by atoms with Crippen molar-refractivity contribution in [2.24, 2.45) is 4.99 Å². The molecule has 5 heteroatoms. The molecule has 0 unspecified atom stereocenters. The Balaban J connectivity index is 2.02. The Labute approximate surface area is 158 Å². The molecule has 4 aromatic rings. The van der Waals surface area contributed by atoms with Crippen molar-refractivity contribution in [1.82, 2.24) is 4.98 Å². The number of aromatic amines is 1. The number of hydrogen-bond acceptors (Lipinski definition) is 3. The summed E-state index contributed by atoms with van der Waals surface area (Å²) in [5.74, 6) is 0.180. The highest BCUT2D eigenvalue weighted by Gasteiger charge is 2.19. The summed E-state index contributed by atoms with van der Waals surface area (Å²) in [7, 11) is 0. The zero-order chi connectivity index (χ0) is 18.1. The number of aromatic hydroxyl groups is 2. The Bertz CT molecular complexity index is 1120. The van der Waals surface area contributed by atoms with E-state index in [1.165, 1.54) is 0 Å². The normalized spacial score (nSPS) is 11.8. The molecule has 0 fully saturated rings. The Morgan fingerprint density at radius 1 is 0.885 bits per heavy atom. The Morgan fingerprint density at radius 2 is 1.69 bits per heavy atom. The van der Waals surface area contributed by atoms with Crippen molar-refractivity contribution >= 4 is 38.2 Å². The van der Waals surface area contributed by atoms with Crippen LogP contribution in [-0.2, 0) is 0 Å². The van der Waals surface area contributed by atoms with Gasteiger partial charge in [0.2, 0.25) is 0 Å². The molecule has 4 rings (SSSR count). The first-order chi connectivity index (χ1) is 12.6. The SMILES string of the molecule is Oc1cccc(C(=Nc2ccccc2)c2c(O)[nH]c3ccc(Br)cc23)c1.